The van der Waals surface area contributed by atoms with Crippen LogP contribution in [0.2, 0.25) is 0 Å². The minimum absolute atomic E-state index is 0.0451. The normalized spacial score (nSPS) is 10.9. The van der Waals surface area contributed by atoms with Crippen molar-refractivity contribution in [2.45, 2.75) is 6.61 Å². The maximum atomic E-state index is 12.1. The highest BCUT2D eigenvalue weighted by molar-refractivity contribution is 7.92. The van der Waals surface area contributed by atoms with E-state index in [2.05, 4.69) is 4.72 Å². The third-order valence-corrected chi connectivity index (χ3v) is 3.93. The van der Waals surface area contributed by atoms with Gasteiger partial charge in [0.1, 0.15) is 6.61 Å². The molecule has 3 N–H and O–H groups in total. The van der Waals surface area contributed by atoms with Crippen LogP contribution in [0.1, 0.15) is 26.3 Å². The summed E-state index contributed by atoms with van der Waals surface area (Å²) in [6, 6.07) is 9.14. The molecule has 11 heteroatoms. The smallest absolute Gasteiger partial charge is 0.338 e. The van der Waals surface area contributed by atoms with E-state index in [-0.39, 0.29) is 22.4 Å². The number of primary amides is 1. The lowest BCUT2D eigenvalue weighted by Crippen LogP contribution is -2.13. The summed E-state index contributed by atoms with van der Waals surface area (Å²) < 4.78 is 29.8. The van der Waals surface area contributed by atoms with Crippen molar-refractivity contribution < 1.29 is 27.7 Å². The first-order valence-electron chi connectivity index (χ1n) is 7.39. The topological polar surface area (TPSA) is 159 Å². The second-order valence-corrected chi connectivity index (χ2v) is 7.24. The van der Waals surface area contributed by atoms with E-state index >= 15 is 0 Å². The molecule has 0 aliphatic rings. The van der Waals surface area contributed by atoms with Gasteiger partial charge in [-0.2, -0.15) is 0 Å². The zero-order valence-electron chi connectivity index (χ0n) is 14.0. The van der Waals surface area contributed by atoms with Gasteiger partial charge in [0.2, 0.25) is 15.9 Å². The number of carbonyl (C=O) groups excluding carboxylic acids is 2. The number of benzene rings is 2. The number of ether oxygens (including phenoxy) is 1. The largest absolute Gasteiger partial charge is 0.457 e. The maximum Gasteiger partial charge on any atom is 0.338 e. The fourth-order valence-corrected chi connectivity index (χ4v) is 2.71. The second kappa shape index (κ2) is 7.83. The fraction of sp³-hybridized carbons (Fsp3) is 0.125. The molecule has 0 fully saturated rings. The average molecular weight is 393 g/mol. The minimum Gasteiger partial charge on any atom is -0.457 e. The molecule has 1 amide bonds. The molecule has 0 saturated heterocycles. The standard InChI is InChI=1S/C16H15N3O7S/c1-27(24,25)18-13-4-2-3-11(7-13)16(21)26-9-12-6-5-10(15(17)20)8-14(12)19(22)23/h2-8,18H,9H2,1H3,(H2,17,20). The fourth-order valence-electron chi connectivity index (χ4n) is 2.16. The number of carbonyl (C=O) groups is 2. The lowest BCUT2D eigenvalue weighted by Gasteiger charge is -2.08. The molecule has 0 unspecified atom stereocenters. The maximum absolute atomic E-state index is 12.1. The van der Waals surface area contributed by atoms with E-state index in [1.54, 1.807) is 0 Å². The Hall–Kier alpha value is -3.47. The van der Waals surface area contributed by atoms with Crippen molar-refractivity contribution in [3.05, 3.63) is 69.3 Å². The molecule has 142 valence electrons. The number of rotatable bonds is 7. The van der Waals surface area contributed by atoms with Crippen molar-refractivity contribution in [2.75, 3.05) is 11.0 Å². The van der Waals surface area contributed by atoms with E-state index in [1.165, 1.54) is 36.4 Å². The van der Waals surface area contributed by atoms with Crippen LogP contribution in [0.5, 0.6) is 0 Å². The Morgan fingerprint density at radius 1 is 1.19 bits per heavy atom. The molecule has 0 atom stereocenters. The number of hydrogen-bond donors (Lipinski definition) is 2. The summed E-state index contributed by atoms with van der Waals surface area (Å²) in [4.78, 5) is 33.7. The summed E-state index contributed by atoms with van der Waals surface area (Å²) in [5, 5.41) is 11.1. The van der Waals surface area contributed by atoms with Crippen LogP contribution >= 0.6 is 0 Å². The number of nitro groups is 1. The van der Waals surface area contributed by atoms with Gasteiger partial charge in [0.05, 0.1) is 22.3 Å². The number of anilines is 1. The van der Waals surface area contributed by atoms with Crippen LogP contribution in [0.4, 0.5) is 11.4 Å². The summed E-state index contributed by atoms with van der Waals surface area (Å²) in [5.41, 5.74) is 4.94. The lowest BCUT2D eigenvalue weighted by molar-refractivity contribution is -0.385. The summed E-state index contributed by atoms with van der Waals surface area (Å²) in [5.74, 6) is -1.63. The van der Waals surface area contributed by atoms with E-state index in [1.807, 2.05) is 0 Å². The number of sulfonamides is 1. The van der Waals surface area contributed by atoms with Crippen LogP contribution < -0.4 is 10.5 Å². The van der Waals surface area contributed by atoms with Crippen LogP contribution in [0.3, 0.4) is 0 Å². The number of amides is 1. The van der Waals surface area contributed by atoms with Gasteiger partial charge in [0, 0.05) is 17.3 Å². The highest BCUT2D eigenvalue weighted by Gasteiger charge is 2.18. The molecule has 0 aliphatic carbocycles. The summed E-state index contributed by atoms with van der Waals surface area (Å²) >= 11 is 0. The third kappa shape index (κ3) is 5.51. The molecular weight excluding hydrogens is 378 g/mol. The van der Waals surface area contributed by atoms with Crippen molar-refractivity contribution in [2.24, 2.45) is 5.73 Å². The number of esters is 1. The van der Waals surface area contributed by atoms with Crippen LogP contribution in [0.15, 0.2) is 42.5 Å². The molecule has 0 heterocycles. The zero-order valence-corrected chi connectivity index (χ0v) is 14.9. The SMILES string of the molecule is CS(=O)(=O)Nc1cccc(C(=O)OCc2ccc(C(N)=O)cc2[N+](=O)[O-])c1. The molecule has 2 aromatic carbocycles. The van der Waals surface area contributed by atoms with E-state index in [9.17, 15) is 28.1 Å². The first-order chi connectivity index (χ1) is 12.6. The highest BCUT2D eigenvalue weighted by Crippen LogP contribution is 2.22. The molecule has 0 aromatic heterocycles. The average Bonchev–Trinajstić information content (AvgIpc) is 2.58. The predicted octanol–water partition coefficient (Wildman–Crippen LogP) is 1.42. The van der Waals surface area contributed by atoms with Gasteiger partial charge in [-0.25, -0.2) is 13.2 Å². The monoisotopic (exact) mass is 393 g/mol. The van der Waals surface area contributed by atoms with Crippen LogP contribution in [-0.2, 0) is 21.4 Å². The van der Waals surface area contributed by atoms with Gasteiger partial charge >= 0.3 is 5.97 Å². The Morgan fingerprint density at radius 2 is 1.89 bits per heavy atom. The van der Waals surface area contributed by atoms with Gasteiger partial charge in [-0.1, -0.05) is 6.07 Å². The lowest BCUT2D eigenvalue weighted by atomic mass is 10.1. The quantitative estimate of drug-likeness (QED) is 0.409. The molecule has 0 saturated carbocycles. The van der Waals surface area contributed by atoms with Gasteiger partial charge in [-0.3, -0.25) is 19.6 Å². The zero-order chi connectivity index (χ0) is 20.2. The third-order valence-electron chi connectivity index (χ3n) is 3.33. The summed E-state index contributed by atoms with van der Waals surface area (Å²) in [6.45, 7) is -0.419. The molecule has 0 radical (unpaired) electrons. The van der Waals surface area contributed by atoms with Crippen molar-refractivity contribution in [1.29, 1.82) is 0 Å². The van der Waals surface area contributed by atoms with E-state index < -0.39 is 39.1 Å². The molecule has 2 aromatic rings. The number of hydrogen-bond acceptors (Lipinski definition) is 7. The predicted molar refractivity (Wildman–Crippen MR) is 95.6 cm³/mol. The van der Waals surface area contributed by atoms with E-state index in [0.717, 1.165) is 12.3 Å². The molecule has 0 spiro atoms. The Kier molecular flexibility index (Phi) is 5.75. The first-order valence-corrected chi connectivity index (χ1v) is 9.28. The number of nitro benzene ring substituents is 1. The Bertz CT molecular complexity index is 1020. The van der Waals surface area contributed by atoms with Crippen molar-refractivity contribution in [3.63, 3.8) is 0 Å². The molecule has 0 aliphatic heterocycles. The second-order valence-electron chi connectivity index (χ2n) is 5.50. The van der Waals surface area contributed by atoms with Crippen molar-refractivity contribution >= 4 is 33.3 Å². The Labute approximate surface area is 154 Å². The summed E-state index contributed by atoms with van der Waals surface area (Å²) in [7, 11) is -3.52. The Morgan fingerprint density at radius 3 is 2.48 bits per heavy atom. The van der Waals surface area contributed by atoms with Crippen molar-refractivity contribution in [1.82, 2.24) is 0 Å². The van der Waals surface area contributed by atoms with Gasteiger partial charge in [-0.05, 0) is 30.3 Å². The van der Waals surface area contributed by atoms with Gasteiger partial charge in [-0.15, -0.1) is 0 Å². The van der Waals surface area contributed by atoms with Gasteiger partial charge < -0.3 is 10.5 Å². The van der Waals surface area contributed by atoms with Crippen molar-refractivity contribution in [3.8, 4) is 0 Å². The molecule has 27 heavy (non-hydrogen) atoms. The van der Waals surface area contributed by atoms with Gasteiger partial charge in [0.25, 0.3) is 5.69 Å². The number of nitrogens with two attached hydrogens (primary N) is 1. The Balaban J connectivity index is 2.17. The first kappa shape index (κ1) is 19.8. The van der Waals surface area contributed by atoms with E-state index in [4.69, 9.17) is 10.5 Å². The molecule has 2 rings (SSSR count). The van der Waals surface area contributed by atoms with Crippen LogP contribution in [0.25, 0.3) is 0 Å². The molecule has 0 bridgehead atoms. The number of nitrogens with zero attached hydrogens (tertiary/aromatic N) is 1. The number of nitrogens with one attached hydrogen (secondary N) is 1. The summed E-state index contributed by atoms with van der Waals surface area (Å²) in [6.07, 6.45) is 0.965. The van der Waals surface area contributed by atoms with Crippen LogP contribution in [-0.4, -0.2) is 31.5 Å². The van der Waals surface area contributed by atoms with Gasteiger partial charge in [0.15, 0.2) is 0 Å². The molecule has 10 nitrogen and oxygen atoms in total. The molecular formula is C16H15N3O7S. The van der Waals surface area contributed by atoms with E-state index in [0.29, 0.717) is 0 Å². The minimum atomic E-state index is -3.52. The van der Waals surface area contributed by atoms with Crippen LogP contribution in [0, 0.1) is 10.1 Å². The highest BCUT2D eigenvalue weighted by atomic mass is 32.2.